The lowest BCUT2D eigenvalue weighted by molar-refractivity contribution is 1.57. The van der Waals surface area contributed by atoms with Crippen molar-refractivity contribution in [2.75, 3.05) is 0 Å². The van der Waals surface area contributed by atoms with Crippen molar-refractivity contribution in [3.05, 3.63) is 607 Å². The summed E-state index contributed by atoms with van der Waals surface area (Å²) < 4.78 is 0. The zero-order valence-corrected chi connectivity index (χ0v) is 82.7. The third-order valence-corrected chi connectivity index (χ3v) is 30.1. The Hall–Kier alpha value is -19.5. The molecule has 0 unspecified atom stereocenters. The fourth-order valence-electron chi connectivity index (χ4n) is 23.4. The predicted octanol–water partition coefficient (Wildman–Crippen LogP) is 42.1. The van der Waals surface area contributed by atoms with E-state index in [1.54, 1.807) is 0 Å². The van der Waals surface area contributed by atoms with Crippen molar-refractivity contribution in [1.29, 1.82) is 0 Å². The molecule has 28 aromatic rings. The summed E-state index contributed by atoms with van der Waals surface area (Å²) in [5.74, 6) is 0. The highest BCUT2D eigenvalue weighted by Crippen LogP contribution is 2.57. The van der Waals surface area contributed by atoms with E-state index in [4.69, 9.17) is 0 Å². The SMILES string of the molecule is c1ccc(-c2c3ccccc3c(-c3ccccc3)c3c(-c4ccccc4)c4ccccc4c(-c4ccccc4)c23)cc1.c1ccc(-c2ccc(-c3c4ccccc4c(-c4ccc(-c5ccccc5)cc4-c4ccccc4)c4cc5ccccc5cc34)c(-c3ccccc3)c2)cc1.c1ccc(-c2ccc(-c3ccccc3)c(-c3c4ccccc4c(-c4cc(-c5ccccc5)ccc4-c4ccccc4)c4cc5ccccc5cc34)c2)cc1. The largest absolute Gasteiger partial charge is 0.0622 e. The molecule has 0 amide bonds. The van der Waals surface area contributed by atoms with Crippen molar-refractivity contribution in [3.8, 4) is 178 Å². The molecule has 0 aliphatic rings. The summed E-state index contributed by atoms with van der Waals surface area (Å²) in [6.45, 7) is 0. The summed E-state index contributed by atoms with van der Waals surface area (Å²) in [7, 11) is 0. The Labute approximate surface area is 875 Å². The van der Waals surface area contributed by atoms with Crippen LogP contribution >= 0.6 is 0 Å². The van der Waals surface area contributed by atoms with Crippen LogP contribution < -0.4 is 0 Å². The predicted molar refractivity (Wildman–Crippen MR) is 644 cm³/mol. The number of fused-ring (bicyclic) bond motifs is 9. The third kappa shape index (κ3) is 17.0. The Morgan fingerprint density at radius 3 is 0.440 bits per heavy atom. The number of rotatable bonds is 16. The molecule has 150 heavy (non-hydrogen) atoms. The van der Waals surface area contributed by atoms with Crippen molar-refractivity contribution in [1.82, 2.24) is 0 Å². The second-order valence-electron chi connectivity index (χ2n) is 38.9. The van der Waals surface area contributed by atoms with Gasteiger partial charge >= 0.3 is 0 Å². The molecular formula is C150H100. The lowest BCUT2D eigenvalue weighted by atomic mass is 9.77. The summed E-state index contributed by atoms with van der Waals surface area (Å²) in [4.78, 5) is 0. The Kier molecular flexibility index (Phi) is 24.3. The van der Waals surface area contributed by atoms with Gasteiger partial charge in [0.05, 0.1) is 0 Å². The Morgan fingerprint density at radius 1 is 0.0733 bits per heavy atom. The van der Waals surface area contributed by atoms with Crippen molar-refractivity contribution < 1.29 is 0 Å². The fourth-order valence-corrected chi connectivity index (χ4v) is 23.4. The highest BCUT2D eigenvalue weighted by molar-refractivity contribution is 6.35. The van der Waals surface area contributed by atoms with Gasteiger partial charge in [-0.05, 0) is 324 Å². The van der Waals surface area contributed by atoms with Gasteiger partial charge in [0, 0.05) is 0 Å². The van der Waals surface area contributed by atoms with Crippen LogP contribution in [0.4, 0.5) is 0 Å². The fraction of sp³-hybridized carbons (Fsp3) is 0. The van der Waals surface area contributed by atoms with Crippen molar-refractivity contribution in [2.24, 2.45) is 0 Å². The first-order valence-corrected chi connectivity index (χ1v) is 51.9. The molecule has 0 heterocycles. The first-order valence-electron chi connectivity index (χ1n) is 51.9. The maximum atomic E-state index is 2.43. The van der Waals surface area contributed by atoms with Gasteiger partial charge in [-0.15, -0.1) is 0 Å². The molecule has 0 aliphatic heterocycles. The van der Waals surface area contributed by atoms with Crippen LogP contribution in [0.5, 0.6) is 0 Å². The third-order valence-electron chi connectivity index (χ3n) is 30.1. The summed E-state index contributed by atoms with van der Waals surface area (Å²) >= 11 is 0. The van der Waals surface area contributed by atoms with E-state index >= 15 is 0 Å². The highest BCUT2D eigenvalue weighted by atomic mass is 14.3. The second-order valence-corrected chi connectivity index (χ2v) is 38.9. The van der Waals surface area contributed by atoms with E-state index < -0.39 is 0 Å². The standard InChI is InChI=1S/2C54H36.C42H28/c1-5-17-37(18-6-1)43-29-31-47(49(33-43)39-21-9-3-10-22-39)53-45-27-15-16-28-46(45)54(52-36-42-26-14-13-25-41(42)35-51(52)53)48-32-30-44(38-19-7-2-8-20-38)34-50(48)40-23-11-4-12-24-40;1-5-17-37(18-6-1)43-29-31-45(39-21-9-3-10-22-39)49(35-43)53-47-27-15-16-28-48(47)54(52-34-42-26-14-13-25-41(42)33-51(52)53)50-36-44(38-19-7-2-8-20-38)30-32-46(50)40-23-11-4-12-24-40;1-5-17-29(18-6-1)37-33-25-13-14-26-34(33)39(31-21-9-3-10-22-31)42-40(32-23-11-4-12-24-32)36-28-16-15-27-35(36)38(41(37)42)30-19-7-2-8-20-30/h2*1-36H;1-28H. The van der Waals surface area contributed by atoms with Crippen LogP contribution in [0.3, 0.4) is 0 Å². The van der Waals surface area contributed by atoms with Gasteiger partial charge in [-0.25, -0.2) is 0 Å². The molecule has 0 fully saturated rings. The average molecular weight is 1900 g/mol. The molecule has 0 aliphatic carbocycles. The van der Waals surface area contributed by atoms with Crippen LogP contribution in [0.1, 0.15) is 0 Å². The smallest absolute Gasteiger partial charge is 0.000139 e. The number of benzene rings is 28. The van der Waals surface area contributed by atoms with Crippen LogP contribution in [0, 0.1) is 0 Å². The molecule has 28 rings (SSSR count). The van der Waals surface area contributed by atoms with E-state index in [9.17, 15) is 0 Å². The van der Waals surface area contributed by atoms with Gasteiger partial charge < -0.3 is 0 Å². The van der Waals surface area contributed by atoms with Crippen molar-refractivity contribution in [3.63, 3.8) is 0 Å². The first-order chi connectivity index (χ1) is 74.5. The summed E-state index contributed by atoms with van der Waals surface area (Å²) in [6, 6.07) is 221. The van der Waals surface area contributed by atoms with Gasteiger partial charge in [0.1, 0.15) is 0 Å². The van der Waals surface area contributed by atoms with Gasteiger partial charge in [-0.1, -0.05) is 558 Å². The van der Waals surface area contributed by atoms with Crippen LogP contribution in [-0.2, 0) is 0 Å². The zero-order chi connectivity index (χ0) is 99.6. The zero-order valence-electron chi connectivity index (χ0n) is 82.7. The average Bonchev–Trinajstić information content (AvgIpc) is 0.697. The van der Waals surface area contributed by atoms with E-state index in [0.29, 0.717) is 0 Å². The minimum Gasteiger partial charge on any atom is -0.0622 e. The van der Waals surface area contributed by atoms with E-state index in [-0.39, 0.29) is 0 Å². The molecule has 0 atom stereocenters. The van der Waals surface area contributed by atoms with E-state index in [1.165, 1.54) is 275 Å². The molecule has 28 aromatic carbocycles. The van der Waals surface area contributed by atoms with Crippen LogP contribution in [0.2, 0.25) is 0 Å². The first kappa shape index (κ1) is 90.5. The summed E-state index contributed by atoms with van der Waals surface area (Å²) in [6.07, 6.45) is 0. The van der Waals surface area contributed by atoms with E-state index in [0.717, 1.165) is 0 Å². The van der Waals surface area contributed by atoms with Gasteiger partial charge in [0.15, 0.2) is 0 Å². The quantitative estimate of drug-likeness (QED) is 0.0846. The Bertz CT molecular complexity index is 9170. The maximum absolute atomic E-state index is 2.43. The number of hydrogen-bond acceptors (Lipinski definition) is 0. The van der Waals surface area contributed by atoms with Crippen molar-refractivity contribution >= 4 is 97.0 Å². The lowest BCUT2D eigenvalue weighted by Crippen LogP contribution is -1.97. The monoisotopic (exact) mass is 1900 g/mol. The lowest BCUT2D eigenvalue weighted by Gasteiger charge is -2.25. The molecule has 0 spiro atoms. The normalized spacial score (nSPS) is 11.3. The molecule has 0 radical (unpaired) electrons. The van der Waals surface area contributed by atoms with Crippen LogP contribution in [-0.4, -0.2) is 0 Å². The Balaban J connectivity index is 0.000000114. The van der Waals surface area contributed by atoms with Gasteiger partial charge in [0.2, 0.25) is 0 Å². The summed E-state index contributed by atoms with van der Waals surface area (Å²) in [5.41, 5.74) is 39.3. The topological polar surface area (TPSA) is 0 Å². The molecule has 0 N–H and O–H groups in total. The highest BCUT2D eigenvalue weighted by Gasteiger charge is 2.30. The number of hydrogen-bond donors (Lipinski definition) is 0. The molecule has 0 aromatic heterocycles. The molecule has 0 nitrogen and oxygen atoms in total. The van der Waals surface area contributed by atoms with Crippen LogP contribution in [0.25, 0.3) is 275 Å². The molecule has 0 saturated carbocycles. The molecule has 0 heteroatoms. The van der Waals surface area contributed by atoms with E-state index in [2.05, 4.69) is 607 Å². The van der Waals surface area contributed by atoms with Gasteiger partial charge in [-0.2, -0.15) is 0 Å². The van der Waals surface area contributed by atoms with E-state index in [1.807, 2.05) is 0 Å². The molecule has 700 valence electrons. The summed E-state index contributed by atoms with van der Waals surface area (Å²) in [5, 5.41) is 22.5. The van der Waals surface area contributed by atoms with Crippen molar-refractivity contribution in [2.45, 2.75) is 0 Å². The van der Waals surface area contributed by atoms with Gasteiger partial charge in [-0.3, -0.25) is 0 Å². The minimum atomic E-state index is 1.20. The second kappa shape index (κ2) is 40.2. The van der Waals surface area contributed by atoms with Crippen LogP contribution in [0.15, 0.2) is 607 Å². The maximum Gasteiger partial charge on any atom is -0.000139 e. The molecular weight excluding hydrogens is 1800 g/mol. The molecule has 0 saturated heterocycles. The molecule has 0 bridgehead atoms. The van der Waals surface area contributed by atoms with Gasteiger partial charge in [0.25, 0.3) is 0 Å². The minimum absolute atomic E-state index is 1.20. The Morgan fingerprint density at radius 2 is 0.227 bits per heavy atom.